The number of aromatic nitrogens is 4. The van der Waals surface area contributed by atoms with Gasteiger partial charge in [-0.1, -0.05) is 0 Å². The summed E-state index contributed by atoms with van der Waals surface area (Å²) in [5.74, 6) is 0.742. The molecular formula is C11H17ClN6. The van der Waals surface area contributed by atoms with Crippen LogP contribution in [0.15, 0.2) is 6.33 Å². The monoisotopic (exact) mass is 268 g/mol. The van der Waals surface area contributed by atoms with Crippen molar-refractivity contribution < 1.29 is 0 Å². The van der Waals surface area contributed by atoms with Crippen molar-refractivity contribution in [3.8, 4) is 0 Å². The lowest BCUT2D eigenvalue weighted by molar-refractivity contribution is 0.425. The highest BCUT2D eigenvalue weighted by Crippen LogP contribution is 2.21. The fourth-order valence-electron chi connectivity index (χ4n) is 1.71. The number of rotatable bonds is 5. The molecule has 0 spiro atoms. The SMILES string of the molecule is CCn1cnc2nc(Cl)nc(NCCN(C)C)c21. The minimum Gasteiger partial charge on any atom is -0.367 e. The molecule has 0 aliphatic rings. The van der Waals surface area contributed by atoms with Crippen LogP contribution in [0.4, 0.5) is 5.82 Å². The zero-order valence-electron chi connectivity index (χ0n) is 10.8. The first-order chi connectivity index (χ1) is 8.61. The summed E-state index contributed by atoms with van der Waals surface area (Å²) in [4.78, 5) is 14.7. The predicted molar refractivity (Wildman–Crippen MR) is 73.1 cm³/mol. The molecule has 0 bridgehead atoms. The van der Waals surface area contributed by atoms with Gasteiger partial charge in [0.05, 0.1) is 6.33 Å². The van der Waals surface area contributed by atoms with Gasteiger partial charge in [0.2, 0.25) is 5.28 Å². The van der Waals surface area contributed by atoms with Crippen molar-refractivity contribution in [2.45, 2.75) is 13.5 Å². The molecule has 0 aromatic carbocycles. The summed E-state index contributed by atoms with van der Waals surface area (Å²) in [5.41, 5.74) is 1.53. The summed E-state index contributed by atoms with van der Waals surface area (Å²) in [6, 6.07) is 0. The molecule has 2 heterocycles. The van der Waals surface area contributed by atoms with Crippen LogP contribution in [0.5, 0.6) is 0 Å². The van der Waals surface area contributed by atoms with Crippen LogP contribution in [-0.2, 0) is 6.54 Å². The third kappa shape index (κ3) is 2.70. The number of hydrogen-bond acceptors (Lipinski definition) is 5. The van der Waals surface area contributed by atoms with Crippen molar-refractivity contribution in [2.24, 2.45) is 0 Å². The van der Waals surface area contributed by atoms with Crippen molar-refractivity contribution in [3.63, 3.8) is 0 Å². The lowest BCUT2D eigenvalue weighted by atomic mass is 10.4. The first-order valence-electron chi connectivity index (χ1n) is 5.88. The zero-order valence-corrected chi connectivity index (χ0v) is 11.6. The van der Waals surface area contributed by atoms with Crippen molar-refractivity contribution >= 4 is 28.6 Å². The quantitative estimate of drug-likeness (QED) is 0.833. The van der Waals surface area contributed by atoms with E-state index in [0.717, 1.165) is 31.0 Å². The molecule has 0 atom stereocenters. The highest BCUT2D eigenvalue weighted by atomic mass is 35.5. The van der Waals surface area contributed by atoms with Crippen LogP contribution in [0.2, 0.25) is 5.28 Å². The molecule has 2 aromatic rings. The molecule has 1 N–H and O–H groups in total. The Hall–Kier alpha value is -1.40. The molecule has 0 aliphatic carbocycles. The van der Waals surface area contributed by atoms with Crippen LogP contribution in [0.3, 0.4) is 0 Å². The minimum atomic E-state index is 0.219. The molecule has 0 unspecified atom stereocenters. The van der Waals surface area contributed by atoms with Gasteiger partial charge in [0, 0.05) is 19.6 Å². The number of hydrogen-bond donors (Lipinski definition) is 1. The summed E-state index contributed by atoms with van der Waals surface area (Å²) in [6.07, 6.45) is 1.76. The second-order valence-electron chi connectivity index (χ2n) is 4.27. The van der Waals surface area contributed by atoms with Crippen LogP contribution >= 0.6 is 11.6 Å². The summed E-state index contributed by atoms with van der Waals surface area (Å²) >= 11 is 5.90. The fraction of sp³-hybridized carbons (Fsp3) is 0.545. The Morgan fingerprint density at radius 1 is 1.39 bits per heavy atom. The first kappa shape index (κ1) is 13.0. The maximum atomic E-state index is 5.90. The summed E-state index contributed by atoms with van der Waals surface area (Å²) in [6.45, 7) is 4.59. The molecule has 2 rings (SSSR count). The molecule has 0 amide bonds. The smallest absolute Gasteiger partial charge is 0.226 e. The summed E-state index contributed by atoms with van der Waals surface area (Å²) in [7, 11) is 4.06. The van der Waals surface area contributed by atoms with Gasteiger partial charge in [0.1, 0.15) is 5.52 Å². The normalized spacial score (nSPS) is 11.4. The van der Waals surface area contributed by atoms with Crippen LogP contribution in [0.1, 0.15) is 6.92 Å². The molecule has 0 saturated heterocycles. The Morgan fingerprint density at radius 3 is 2.83 bits per heavy atom. The molecule has 6 nitrogen and oxygen atoms in total. The second kappa shape index (κ2) is 5.49. The van der Waals surface area contributed by atoms with Gasteiger partial charge in [-0.05, 0) is 32.6 Å². The number of halogens is 1. The van der Waals surface area contributed by atoms with Crippen molar-refractivity contribution in [1.82, 2.24) is 24.4 Å². The Kier molecular flexibility index (Phi) is 3.98. The Bertz CT molecular complexity index is 536. The molecule has 2 aromatic heterocycles. The Balaban J connectivity index is 2.31. The number of likely N-dealkylation sites (N-methyl/N-ethyl adjacent to an activating group) is 1. The van der Waals surface area contributed by atoms with Gasteiger partial charge in [-0.3, -0.25) is 0 Å². The second-order valence-corrected chi connectivity index (χ2v) is 4.61. The molecule has 0 radical (unpaired) electrons. The van der Waals surface area contributed by atoms with E-state index in [9.17, 15) is 0 Å². The van der Waals surface area contributed by atoms with Crippen molar-refractivity contribution in [1.29, 1.82) is 0 Å². The molecule has 0 aliphatic heterocycles. The van der Waals surface area contributed by atoms with Gasteiger partial charge in [-0.2, -0.15) is 9.97 Å². The number of nitrogens with zero attached hydrogens (tertiary/aromatic N) is 5. The number of anilines is 1. The third-order valence-electron chi connectivity index (χ3n) is 2.64. The van der Waals surface area contributed by atoms with E-state index in [1.54, 1.807) is 6.33 Å². The molecular weight excluding hydrogens is 252 g/mol. The summed E-state index contributed by atoms with van der Waals surface area (Å²) in [5, 5.41) is 3.50. The van der Waals surface area contributed by atoms with Crippen LogP contribution in [-0.4, -0.2) is 51.6 Å². The molecule has 18 heavy (non-hydrogen) atoms. The number of aryl methyl sites for hydroxylation is 1. The number of nitrogens with one attached hydrogen (secondary N) is 1. The third-order valence-corrected chi connectivity index (χ3v) is 2.81. The van der Waals surface area contributed by atoms with Gasteiger partial charge in [-0.15, -0.1) is 0 Å². The lowest BCUT2D eigenvalue weighted by Gasteiger charge is -2.12. The molecule has 0 fully saturated rings. The van der Waals surface area contributed by atoms with E-state index >= 15 is 0 Å². The van der Waals surface area contributed by atoms with Crippen LogP contribution in [0, 0.1) is 0 Å². The van der Waals surface area contributed by atoms with E-state index in [-0.39, 0.29) is 5.28 Å². The highest BCUT2D eigenvalue weighted by Gasteiger charge is 2.11. The predicted octanol–water partition coefficient (Wildman–Crippen LogP) is 1.47. The topological polar surface area (TPSA) is 58.9 Å². The lowest BCUT2D eigenvalue weighted by Crippen LogP contribution is -2.21. The van der Waals surface area contributed by atoms with E-state index < -0.39 is 0 Å². The van der Waals surface area contributed by atoms with E-state index in [0.29, 0.717) is 5.65 Å². The van der Waals surface area contributed by atoms with Gasteiger partial charge in [-0.25, -0.2) is 4.98 Å². The van der Waals surface area contributed by atoms with Gasteiger partial charge >= 0.3 is 0 Å². The van der Waals surface area contributed by atoms with Crippen molar-refractivity contribution in [3.05, 3.63) is 11.6 Å². The Morgan fingerprint density at radius 2 is 2.17 bits per heavy atom. The highest BCUT2D eigenvalue weighted by molar-refractivity contribution is 6.28. The van der Waals surface area contributed by atoms with Gasteiger partial charge in [0.25, 0.3) is 0 Å². The van der Waals surface area contributed by atoms with E-state index in [4.69, 9.17) is 11.6 Å². The molecule has 98 valence electrons. The maximum absolute atomic E-state index is 5.90. The van der Waals surface area contributed by atoms with E-state index in [2.05, 4.69) is 32.1 Å². The Labute approximate surface area is 111 Å². The average Bonchev–Trinajstić information content (AvgIpc) is 2.71. The fourth-order valence-corrected chi connectivity index (χ4v) is 1.88. The van der Waals surface area contributed by atoms with Crippen LogP contribution in [0.25, 0.3) is 11.2 Å². The first-order valence-corrected chi connectivity index (χ1v) is 6.26. The number of imidazole rings is 1. The minimum absolute atomic E-state index is 0.219. The van der Waals surface area contributed by atoms with Gasteiger partial charge in [0.15, 0.2) is 11.5 Å². The van der Waals surface area contributed by atoms with Crippen LogP contribution < -0.4 is 5.32 Å². The maximum Gasteiger partial charge on any atom is 0.226 e. The largest absolute Gasteiger partial charge is 0.367 e. The number of fused-ring (bicyclic) bond motifs is 1. The van der Waals surface area contributed by atoms with E-state index in [1.165, 1.54) is 0 Å². The summed E-state index contributed by atoms with van der Waals surface area (Å²) < 4.78 is 2.00. The molecule has 7 heteroatoms. The molecule has 0 saturated carbocycles. The van der Waals surface area contributed by atoms with Gasteiger partial charge < -0.3 is 14.8 Å². The average molecular weight is 269 g/mol. The standard InChI is InChI=1S/C11H17ClN6/c1-4-18-7-14-10-8(18)9(15-11(12)16-10)13-5-6-17(2)3/h7H,4-6H2,1-3H3,(H,13,15,16). The van der Waals surface area contributed by atoms with Crippen molar-refractivity contribution in [2.75, 3.05) is 32.5 Å². The zero-order chi connectivity index (χ0) is 13.1. The van der Waals surface area contributed by atoms with E-state index in [1.807, 2.05) is 18.7 Å².